The summed E-state index contributed by atoms with van der Waals surface area (Å²) in [5, 5.41) is 11.6. The number of guanidine groups is 1. The van der Waals surface area contributed by atoms with E-state index in [9.17, 15) is 4.79 Å². The first-order valence-corrected chi connectivity index (χ1v) is 9.52. The summed E-state index contributed by atoms with van der Waals surface area (Å²) >= 11 is 1.72. The largest absolute Gasteiger partial charge is 0.357 e. The van der Waals surface area contributed by atoms with Gasteiger partial charge >= 0.3 is 0 Å². The third kappa shape index (κ3) is 6.97. The van der Waals surface area contributed by atoms with E-state index in [0.29, 0.717) is 13.0 Å². The molecule has 1 amide bonds. The molecule has 2 aromatic rings. The normalized spacial score (nSPS) is 11.2. The number of anilines is 1. The highest BCUT2D eigenvalue weighted by Gasteiger charge is 2.03. The maximum Gasteiger partial charge on any atom is 0.224 e. The average molecular weight is 359 g/mol. The smallest absolute Gasteiger partial charge is 0.224 e. The lowest BCUT2D eigenvalue weighted by atomic mass is 10.2. The van der Waals surface area contributed by atoms with Crippen LogP contribution in [0.1, 0.15) is 37.1 Å². The van der Waals surface area contributed by atoms with E-state index in [1.165, 1.54) is 4.88 Å². The van der Waals surface area contributed by atoms with E-state index in [1.807, 2.05) is 44.2 Å². The van der Waals surface area contributed by atoms with Crippen LogP contribution in [0.25, 0.3) is 0 Å². The highest BCUT2D eigenvalue weighted by Crippen LogP contribution is 2.12. The Morgan fingerprint density at radius 3 is 2.76 bits per heavy atom. The zero-order chi connectivity index (χ0) is 17.9. The number of amides is 1. The number of carbonyl (C=O) groups excluding carboxylic acids is 1. The predicted octanol–water partition coefficient (Wildman–Crippen LogP) is 3.74. The zero-order valence-electron chi connectivity index (χ0n) is 14.8. The molecule has 0 bridgehead atoms. The molecule has 0 saturated carbocycles. The molecule has 1 aromatic heterocycles. The third-order valence-electron chi connectivity index (χ3n) is 3.46. The number of thiophene rings is 1. The maximum atomic E-state index is 11.7. The minimum Gasteiger partial charge on any atom is -0.357 e. The summed E-state index contributed by atoms with van der Waals surface area (Å²) < 4.78 is 0. The standard InChI is InChI=1S/C19H26N4OS/c1-3-7-18(24)23-16-9-5-8-15(12-16)13-21-19(20-4-2)22-14-17-10-6-11-25-17/h5-6,8-12H,3-4,7,13-14H2,1-2H3,(H,23,24)(H2,20,21,22). The van der Waals surface area contributed by atoms with Crippen LogP contribution in [0, 0.1) is 0 Å². The van der Waals surface area contributed by atoms with Crippen LogP contribution >= 0.6 is 11.3 Å². The Labute approximate surface area is 153 Å². The molecule has 2 rings (SSSR count). The zero-order valence-corrected chi connectivity index (χ0v) is 15.7. The Morgan fingerprint density at radius 2 is 2.04 bits per heavy atom. The first-order valence-electron chi connectivity index (χ1n) is 8.64. The first kappa shape index (κ1) is 19.0. The van der Waals surface area contributed by atoms with Gasteiger partial charge in [-0.05, 0) is 42.5 Å². The second-order valence-electron chi connectivity index (χ2n) is 5.63. The van der Waals surface area contributed by atoms with E-state index in [-0.39, 0.29) is 5.91 Å². The predicted molar refractivity (Wildman–Crippen MR) is 106 cm³/mol. The topological polar surface area (TPSA) is 65.5 Å². The van der Waals surface area contributed by atoms with Crippen LogP contribution in [0.5, 0.6) is 0 Å². The van der Waals surface area contributed by atoms with Gasteiger partial charge in [0.2, 0.25) is 5.91 Å². The van der Waals surface area contributed by atoms with Crippen molar-refractivity contribution in [3.8, 4) is 0 Å². The number of aliphatic imine (C=N–C) groups is 1. The molecule has 3 N–H and O–H groups in total. The molecule has 6 heteroatoms. The SMILES string of the molecule is CCCC(=O)Nc1cccc(CN=C(NCC)NCc2cccs2)c1. The fourth-order valence-electron chi connectivity index (χ4n) is 2.29. The van der Waals surface area contributed by atoms with Crippen LogP contribution in [0.3, 0.4) is 0 Å². The Hall–Kier alpha value is -2.34. The number of carbonyl (C=O) groups is 1. The molecule has 0 spiro atoms. The fraction of sp³-hybridized carbons (Fsp3) is 0.368. The molecule has 0 aliphatic rings. The van der Waals surface area contributed by atoms with Crippen molar-refractivity contribution in [2.75, 3.05) is 11.9 Å². The lowest BCUT2D eigenvalue weighted by Crippen LogP contribution is -2.36. The Bertz CT molecular complexity index is 682. The molecule has 1 aromatic carbocycles. The average Bonchev–Trinajstić information content (AvgIpc) is 3.11. The van der Waals surface area contributed by atoms with Crippen molar-refractivity contribution < 1.29 is 4.79 Å². The number of hydrogen-bond acceptors (Lipinski definition) is 3. The van der Waals surface area contributed by atoms with Gasteiger partial charge in [-0.25, -0.2) is 4.99 Å². The first-order chi connectivity index (χ1) is 12.2. The second kappa shape index (κ2) is 10.5. The van der Waals surface area contributed by atoms with Crippen molar-refractivity contribution in [2.45, 2.75) is 39.8 Å². The minimum absolute atomic E-state index is 0.0501. The molecular formula is C19H26N4OS. The third-order valence-corrected chi connectivity index (χ3v) is 4.34. The van der Waals surface area contributed by atoms with Gasteiger partial charge in [0.05, 0.1) is 13.1 Å². The molecule has 1 heterocycles. The summed E-state index contributed by atoms with van der Waals surface area (Å²) in [6.07, 6.45) is 1.39. The van der Waals surface area contributed by atoms with Crippen molar-refractivity contribution in [3.05, 3.63) is 52.2 Å². The molecule has 134 valence electrons. The maximum absolute atomic E-state index is 11.7. The molecule has 25 heavy (non-hydrogen) atoms. The molecule has 0 radical (unpaired) electrons. The second-order valence-corrected chi connectivity index (χ2v) is 6.66. The number of rotatable bonds is 8. The van der Waals surface area contributed by atoms with Gasteiger partial charge in [-0.1, -0.05) is 25.1 Å². The minimum atomic E-state index is 0.0501. The van der Waals surface area contributed by atoms with Crippen molar-refractivity contribution in [2.24, 2.45) is 4.99 Å². The van der Waals surface area contributed by atoms with Crippen LogP contribution in [-0.2, 0) is 17.9 Å². The highest BCUT2D eigenvalue weighted by molar-refractivity contribution is 7.09. The quantitative estimate of drug-likeness (QED) is 0.497. The van der Waals surface area contributed by atoms with Crippen LogP contribution in [0.15, 0.2) is 46.8 Å². The van der Waals surface area contributed by atoms with Crippen LogP contribution in [0.2, 0.25) is 0 Å². The lowest BCUT2D eigenvalue weighted by molar-refractivity contribution is -0.116. The molecule has 0 aliphatic carbocycles. The summed E-state index contributed by atoms with van der Waals surface area (Å²) in [6, 6.07) is 12.0. The van der Waals surface area contributed by atoms with E-state index < -0.39 is 0 Å². The lowest BCUT2D eigenvalue weighted by Gasteiger charge is -2.11. The van der Waals surface area contributed by atoms with E-state index in [4.69, 9.17) is 0 Å². The molecular weight excluding hydrogens is 332 g/mol. The fourth-order valence-corrected chi connectivity index (χ4v) is 2.94. The summed E-state index contributed by atoms with van der Waals surface area (Å²) in [5.41, 5.74) is 1.88. The molecule has 0 unspecified atom stereocenters. The molecule has 0 saturated heterocycles. The monoisotopic (exact) mass is 358 g/mol. The Kier molecular flexibility index (Phi) is 7.98. The Balaban J connectivity index is 1.95. The molecule has 0 aliphatic heterocycles. The highest BCUT2D eigenvalue weighted by atomic mass is 32.1. The van der Waals surface area contributed by atoms with E-state index in [0.717, 1.165) is 36.7 Å². The van der Waals surface area contributed by atoms with Gasteiger partial charge in [0.1, 0.15) is 0 Å². The number of nitrogens with zero attached hydrogens (tertiary/aromatic N) is 1. The van der Waals surface area contributed by atoms with Gasteiger partial charge in [-0.3, -0.25) is 4.79 Å². The number of benzene rings is 1. The van der Waals surface area contributed by atoms with E-state index in [2.05, 4.69) is 32.4 Å². The molecule has 5 nitrogen and oxygen atoms in total. The van der Waals surface area contributed by atoms with Crippen molar-refractivity contribution in [3.63, 3.8) is 0 Å². The van der Waals surface area contributed by atoms with Gasteiger partial charge < -0.3 is 16.0 Å². The van der Waals surface area contributed by atoms with Crippen molar-refractivity contribution in [1.82, 2.24) is 10.6 Å². The molecule has 0 fully saturated rings. The van der Waals surface area contributed by atoms with Gasteiger partial charge in [-0.15, -0.1) is 11.3 Å². The van der Waals surface area contributed by atoms with Gasteiger partial charge in [0.25, 0.3) is 0 Å². The summed E-state index contributed by atoms with van der Waals surface area (Å²) in [5.74, 6) is 0.838. The van der Waals surface area contributed by atoms with Crippen molar-refractivity contribution >= 4 is 28.9 Å². The number of hydrogen-bond donors (Lipinski definition) is 3. The summed E-state index contributed by atoms with van der Waals surface area (Å²) in [7, 11) is 0. The number of nitrogens with one attached hydrogen (secondary N) is 3. The molecule has 0 atom stereocenters. The van der Waals surface area contributed by atoms with Gasteiger partial charge in [0, 0.05) is 23.5 Å². The van der Waals surface area contributed by atoms with Gasteiger partial charge in [-0.2, -0.15) is 0 Å². The van der Waals surface area contributed by atoms with Crippen molar-refractivity contribution in [1.29, 1.82) is 0 Å². The summed E-state index contributed by atoms with van der Waals surface area (Å²) in [6.45, 7) is 6.17. The van der Waals surface area contributed by atoms with E-state index >= 15 is 0 Å². The van der Waals surface area contributed by atoms with Gasteiger partial charge in [0.15, 0.2) is 5.96 Å². The van der Waals surface area contributed by atoms with E-state index in [1.54, 1.807) is 11.3 Å². The summed E-state index contributed by atoms with van der Waals surface area (Å²) in [4.78, 5) is 17.6. The van der Waals surface area contributed by atoms with Crippen LogP contribution in [-0.4, -0.2) is 18.4 Å². The van der Waals surface area contributed by atoms with Crippen LogP contribution < -0.4 is 16.0 Å². The Morgan fingerprint density at radius 1 is 1.16 bits per heavy atom. The van der Waals surface area contributed by atoms with Crippen LogP contribution in [0.4, 0.5) is 5.69 Å².